The first-order valence-electron chi connectivity index (χ1n) is 4.19. The lowest BCUT2D eigenvalue weighted by molar-refractivity contribution is 0.354. The lowest BCUT2D eigenvalue weighted by Gasteiger charge is -2.11. The average molecular weight is 140 g/mol. The van der Waals surface area contributed by atoms with Crippen LogP contribution >= 0.6 is 0 Å². The Hall–Kier alpha value is -0.0800. The van der Waals surface area contributed by atoms with Crippen LogP contribution in [0.15, 0.2) is 0 Å². The minimum Gasteiger partial charge on any atom is -0.312 e. The molecule has 2 fully saturated rings. The molecule has 2 rings (SSSR count). The van der Waals surface area contributed by atoms with Gasteiger partial charge in [0.2, 0.25) is 0 Å². The maximum atomic E-state index is 3.56. The SMILES string of the molecule is CC1CNC2CN(C)CC12. The van der Waals surface area contributed by atoms with E-state index in [0.29, 0.717) is 0 Å². The van der Waals surface area contributed by atoms with Gasteiger partial charge in [0.1, 0.15) is 0 Å². The fourth-order valence-electron chi connectivity index (χ4n) is 2.31. The van der Waals surface area contributed by atoms with Crippen molar-refractivity contribution in [2.75, 3.05) is 26.7 Å². The van der Waals surface area contributed by atoms with Crippen molar-refractivity contribution in [3.8, 4) is 0 Å². The van der Waals surface area contributed by atoms with Crippen LogP contribution < -0.4 is 5.32 Å². The number of likely N-dealkylation sites (tertiary alicyclic amines) is 1. The van der Waals surface area contributed by atoms with E-state index in [9.17, 15) is 0 Å². The van der Waals surface area contributed by atoms with Gasteiger partial charge in [-0.15, -0.1) is 0 Å². The average Bonchev–Trinajstić information content (AvgIpc) is 2.35. The molecule has 3 unspecified atom stereocenters. The normalized spacial score (nSPS) is 48.0. The molecular formula is C8H16N2. The molecule has 3 atom stereocenters. The van der Waals surface area contributed by atoms with Crippen LogP contribution in [0.1, 0.15) is 6.92 Å². The van der Waals surface area contributed by atoms with Crippen LogP contribution in [-0.4, -0.2) is 37.6 Å². The Balaban J connectivity index is 2.05. The molecule has 0 spiro atoms. The van der Waals surface area contributed by atoms with E-state index in [1.165, 1.54) is 19.6 Å². The van der Waals surface area contributed by atoms with Crippen LogP contribution in [0.25, 0.3) is 0 Å². The Morgan fingerprint density at radius 1 is 1.40 bits per heavy atom. The number of nitrogens with one attached hydrogen (secondary N) is 1. The second-order valence-electron chi connectivity index (χ2n) is 3.88. The third-order valence-electron chi connectivity index (χ3n) is 2.98. The van der Waals surface area contributed by atoms with Gasteiger partial charge in [-0.1, -0.05) is 6.92 Å². The number of hydrogen-bond donors (Lipinski definition) is 1. The first-order valence-corrected chi connectivity index (χ1v) is 4.19. The lowest BCUT2D eigenvalue weighted by Crippen LogP contribution is -2.28. The van der Waals surface area contributed by atoms with E-state index in [1.807, 2.05) is 0 Å². The summed E-state index contributed by atoms with van der Waals surface area (Å²) in [6, 6.07) is 0.806. The van der Waals surface area contributed by atoms with E-state index in [-0.39, 0.29) is 0 Å². The molecule has 0 aliphatic carbocycles. The van der Waals surface area contributed by atoms with Gasteiger partial charge in [0.25, 0.3) is 0 Å². The highest BCUT2D eigenvalue weighted by molar-refractivity contribution is 4.95. The van der Waals surface area contributed by atoms with Crippen LogP contribution in [0.4, 0.5) is 0 Å². The van der Waals surface area contributed by atoms with Crippen LogP contribution in [0, 0.1) is 11.8 Å². The zero-order valence-electron chi connectivity index (χ0n) is 6.80. The Morgan fingerprint density at radius 3 is 2.90 bits per heavy atom. The fraction of sp³-hybridized carbons (Fsp3) is 1.00. The van der Waals surface area contributed by atoms with Crippen LogP contribution in [0.3, 0.4) is 0 Å². The van der Waals surface area contributed by atoms with Crippen LogP contribution in [0.5, 0.6) is 0 Å². The van der Waals surface area contributed by atoms with Crippen molar-refractivity contribution in [3.05, 3.63) is 0 Å². The highest BCUT2D eigenvalue weighted by Crippen LogP contribution is 2.27. The third-order valence-corrected chi connectivity index (χ3v) is 2.98. The topological polar surface area (TPSA) is 15.3 Å². The van der Waals surface area contributed by atoms with Gasteiger partial charge in [-0.05, 0) is 25.4 Å². The van der Waals surface area contributed by atoms with Gasteiger partial charge in [0.05, 0.1) is 0 Å². The molecule has 10 heavy (non-hydrogen) atoms. The van der Waals surface area contributed by atoms with Crippen molar-refractivity contribution in [1.82, 2.24) is 10.2 Å². The standard InChI is InChI=1S/C8H16N2/c1-6-3-9-8-5-10(2)4-7(6)8/h6-9H,3-5H2,1-2H3. The summed E-state index contributed by atoms with van der Waals surface area (Å²) in [6.45, 7) is 6.16. The molecule has 2 heteroatoms. The van der Waals surface area contributed by atoms with Crippen molar-refractivity contribution < 1.29 is 0 Å². The van der Waals surface area contributed by atoms with Gasteiger partial charge in [0, 0.05) is 19.1 Å². The van der Waals surface area contributed by atoms with E-state index in [1.54, 1.807) is 0 Å². The quantitative estimate of drug-likeness (QED) is 0.515. The maximum absolute atomic E-state index is 3.56. The minimum atomic E-state index is 0.806. The van der Waals surface area contributed by atoms with E-state index in [0.717, 1.165) is 17.9 Å². The van der Waals surface area contributed by atoms with E-state index in [4.69, 9.17) is 0 Å². The van der Waals surface area contributed by atoms with Gasteiger partial charge >= 0.3 is 0 Å². The molecule has 0 bridgehead atoms. The molecule has 58 valence electrons. The largest absolute Gasteiger partial charge is 0.312 e. The Kier molecular flexibility index (Phi) is 1.46. The lowest BCUT2D eigenvalue weighted by atomic mass is 9.95. The van der Waals surface area contributed by atoms with Crippen molar-refractivity contribution in [1.29, 1.82) is 0 Å². The zero-order valence-corrected chi connectivity index (χ0v) is 6.80. The summed E-state index contributed by atoms with van der Waals surface area (Å²) in [5, 5.41) is 3.56. The highest BCUT2D eigenvalue weighted by atomic mass is 15.2. The number of fused-ring (bicyclic) bond motifs is 1. The van der Waals surface area contributed by atoms with Crippen LogP contribution in [-0.2, 0) is 0 Å². The summed E-state index contributed by atoms with van der Waals surface area (Å²) in [5.41, 5.74) is 0. The summed E-state index contributed by atoms with van der Waals surface area (Å²) >= 11 is 0. The summed E-state index contributed by atoms with van der Waals surface area (Å²) in [4.78, 5) is 2.43. The van der Waals surface area contributed by atoms with Gasteiger partial charge in [0.15, 0.2) is 0 Å². The van der Waals surface area contributed by atoms with E-state index < -0.39 is 0 Å². The third kappa shape index (κ3) is 0.867. The molecule has 2 aliphatic heterocycles. The number of rotatable bonds is 0. The predicted molar refractivity (Wildman–Crippen MR) is 41.9 cm³/mol. The molecule has 2 heterocycles. The first kappa shape index (κ1) is 6.62. The zero-order chi connectivity index (χ0) is 7.14. The molecule has 0 amide bonds. The second-order valence-corrected chi connectivity index (χ2v) is 3.88. The summed E-state index contributed by atoms with van der Waals surface area (Å²) in [6.07, 6.45) is 0. The number of likely N-dealkylation sites (N-methyl/N-ethyl adjacent to an activating group) is 1. The van der Waals surface area contributed by atoms with E-state index >= 15 is 0 Å². The molecule has 2 aliphatic rings. The Bertz CT molecular complexity index is 135. The molecule has 0 aromatic heterocycles. The molecular weight excluding hydrogens is 124 g/mol. The summed E-state index contributed by atoms with van der Waals surface area (Å²) < 4.78 is 0. The molecule has 0 aromatic carbocycles. The van der Waals surface area contributed by atoms with Gasteiger partial charge < -0.3 is 10.2 Å². The Labute approximate surface area is 62.6 Å². The highest BCUT2D eigenvalue weighted by Gasteiger charge is 2.38. The molecule has 0 saturated carbocycles. The fourth-order valence-corrected chi connectivity index (χ4v) is 2.31. The molecule has 2 saturated heterocycles. The molecule has 1 N–H and O–H groups in total. The second kappa shape index (κ2) is 2.21. The minimum absolute atomic E-state index is 0.806. The van der Waals surface area contributed by atoms with Crippen molar-refractivity contribution in [2.45, 2.75) is 13.0 Å². The van der Waals surface area contributed by atoms with Crippen LogP contribution in [0.2, 0.25) is 0 Å². The summed E-state index contributed by atoms with van der Waals surface area (Å²) in [5.74, 6) is 1.83. The smallest absolute Gasteiger partial charge is 0.0238 e. The number of nitrogens with zero attached hydrogens (tertiary/aromatic N) is 1. The molecule has 0 radical (unpaired) electrons. The van der Waals surface area contributed by atoms with Crippen molar-refractivity contribution in [2.24, 2.45) is 11.8 Å². The van der Waals surface area contributed by atoms with Gasteiger partial charge in [-0.25, -0.2) is 0 Å². The monoisotopic (exact) mass is 140 g/mol. The first-order chi connectivity index (χ1) is 4.77. The predicted octanol–water partition coefficient (Wildman–Crippen LogP) is 0.156. The van der Waals surface area contributed by atoms with Crippen molar-refractivity contribution >= 4 is 0 Å². The Morgan fingerprint density at radius 2 is 2.20 bits per heavy atom. The number of hydrogen-bond acceptors (Lipinski definition) is 2. The molecule has 2 nitrogen and oxygen atoms in total. The maximum Gasteiger partial charge on any atom is 0.0238 e. The molecule has 0 aromatic rings. The van der Waals surface area contributed by atoms with Gasteiger partial charge in [-0.2, -0.15) is 0 Å². The van der Waals surface area contributed by atoms with Crippen molar-refractivity contribution in [3.63, 3.8) is 0 Å². The van der Waals surface area contributed by atoms with E-state index in [2.05, 4.69) is 24.2 Å². The summed E-state index contributed by atoms with van der Waals surface area (Å²) in [7, 11) is 2.22. The van der Waals surface area contributed by atoms with Gasteiger partial charge in [-0.3, -0.25) is 0 Å².